The molecule has 0 saturated carbocycles. The number of rotatable bonds is 10. The van der Waals surface area contributed by atoms with E-state index in [1.165, 1.54) is 0 Å². The maximum Gasteiger partial charge on any atom is 0.224 e. The van der Waals surface area contributed by atoms with Gasteiger partial charge in [-0.2, -0.15) is 0 Å². The molecular weight excluding hydrogens is 440 g/mol. The molecule has 0 aliphatic rings. The van der Waals surface area contributed by atoms with Gasteiger partial charge in [0, 0.05) is 29.4 Å². The van der Waals surface area contributed by atoms with Gasteiger partial charge in [-0.1, -0.05) is 36.4 Å². The molecule has 0 bridgehead atoms. The van der Waals surface area contributed by atoms with E-state index in [9.17, 15) is 4.79 Å². The van der Waals surface area contributed by atoms with E-state index < -0.39 is 0 Å². The SMILES string of the molecule is CCOc1ccc(CCC(=O)Nc2ccc(Nc3cc(-c4ccccc4)ncn3)cc2)cc1OC. The Morgan fingerprint density at radius 1 is 0.886 bits per heavy atom. The van der Waals surface area contributed by atoms with Gasteiger partial charge in [-0.05, 0) is 55.3 Å². The van der Waals surface area contributed by atoms with Gasteiger partial charge in [0.05, 0.1) is 19.4 Å². The normalized spacial score (nSPS) is 10.5. The summed E-state index contributed by atoms with van der Waals surface area (Å²) in [4.78, 5) is 21.1. The van der Waals surface area contributed by atoms with Crippen molar-refractivity contribution in [1.82, 2.24) is 9.97 Å². The van der Waals surface area contributed by atoms with Crippen LogP contribution in [-0.2, 0) is 11.2 Å². The second-order valence-electron chi connectivity index (χ2n) is 7.82. The molecule has 0 radical (unpaired) electrons. The van der Waals surface area contributed by atoms with E-state index in [0.717, 1.165) is 28.2 Å². The van der Waals surface area contributed by atoms with Crippen LogP contribution in [0.2, 0.25) is 0 Å². The zero-order chi connectivity index (χ0) is 24.5. The molecule has 35 heavy (non-hydrogen) atoms. The van der Waals surface area contributed by atoms with Crippen molar-refractivity contribution < 1.29 is 14.3 Å². The quantitative estimate of drug-likeness (QED) is 0.303. The molecule has 178 valence electrons. The average molecular weight is 469 g/mol. The zero-order valence-electron chi connectivity index (χ0n) is 19.8. The highest BCUT2D eigenvalue weighted by Crippen LogP contribution is 2.28. The summed E-state index contributed by atoms with van der Waals surface area (Å²) < 4.78 is 10.9. The van der Waals surface area contributed by atoms with Crippen LogP contribution < -0.4 is 20.1 Å². The van der Waals surface area contributed by atoms with Crippen LogP contribution in [0.4, 0.5) is 17.2 Å². The van der Waals surface area contributed by atoms with Crippen molar-refractivity contribution in [2.75, 3.05) is 24.4 Å². The van der Waals surface area contributed by atoms with Crippen LogP contribution >= 0.6 is 0 Å². The van der Waals surface area contributed by atoms with Crippen molar-refractivity contribution in [2.24, 2.45) is 0 Å². The molecule has 0 saturated heterocycles. The van der Waals surface area contributed by atoms with Crippen LogP contribution in [0, 0.1) is 0 Å². The lowest BCUT2D eigenvalue weighted by Crippen LogP contribution is -2.12. The topological polar surface area (TPSA) is 85.4 Å². The summed E-state index contributed by atoms with van der Waals surface area (Å²) in [5, 5.41) is 6.23. The molecule has 0 unspecified atom stereocenters. The second kappa shape index (κ2) is 11.7. The number of nitrogens with zero attached hydrogens (tertiary/aromatic N) is 2. The first kappa shape index (κ1) is 23.8. The monoisotopic (exact) mass is 468 g/mol. The third kappa shape index (κ3) is 6.57. The van der Waals surface area contributed by atoms with Gasteiger partial charge in [-0.25, -0.2) is 9.97 Å². The van der Waals surface area contributed by atoms with Gasteiger partial charge in [0.15, 0.2) is 11.5 Å². The van der Waals surface area contributed by atoms with Crippen molar-refractivity contribution in [3.05, 3.63) is 90.8 Å². The Labute approximate surface area is 205 Å². The number of carbonyl (C=O) groups excluding carboxylic acids is 1. The summed E-state index contributed by atoms with van der Waals surface area (Å²) in [5.74, 6) is 2.02. The van der Waals surface area contributed by atoms with Crippen molar-refractivity contribution in [2.45, 2.75) is 19.8 Å². The molecule has 0 fully saturated rings. The fraction of sp³-hybridized carbons (Fsp3) is 0.179. The number of aryl methyl sites for hydroxylation is 1. The van der Waals surface area contributed by atoms with E-state index >= 15 is 0 Å². The lowest BCUT2D eigenvalue weighted by molar-refractivity contribution is -0.116. The van der Waals surface area contributed by atoms with Gasteiger partial charge in [-0.15, -0.1) is 0 Å². The number of benzene rings is 3. The predicted molar refractivity (Wildman–Crippen MR) is 138 cm³/mol. The smallest absolute Gasteiger partial charge is 0.224 e. The largest absolute Gasteiger partial charge is 0.493 e. The summed E-state index contributed by atoms with van der Waals surface area (Å²) in [6, 6.07) is 25.1. The van der Waals surface area contributed by atoms with Crippen LogP contribution in [0.5, 0.6) is 11.5 Å². The number of hydrogen-bond donors (Lipinski definition) is 2. The van der Waals surface area contributed by atoms with E-state index in [0.29, 0.717) is 36.8 Å². The van der Waals surface area contributed by atoms with Crippen LogP contribution in [0.25, 0.3) is 11.3 Å². The van der Waals surface area contributed by atoms with E-state index in [4.69, 9.17) is 9.47 Å². The molecule has 1 amide bonds. The number of ether oxygens (including phenoxy) is 2. The Kier molecular flexibility index (Phi) is 7.91. The first-order chi connectivity index (χ1) is 17.1. The highest BCUT2D eigenvalue weighted by atomic mass is 16.5. The zero-order valence-corrected chi connectivity index (χ0v) is 19.8. The molecule has 4 aromatic rings. The maximum absolute atomic E-state index is 12.5. The van der Waals surface area contributed by atoms with Crippen molar-refractivity contribution in [3.63, 3.8) is 0 Å². The minimum Gasteiger partial charge on any atom is -0.493 e. The van der Waals surface area contributed by atoms with Gasteiger partial charge >= 0.3 is 0 Å². The lowest BCUT2D eigenvalue weighted by atomic mass is 10.1. The Morgan fingerprint density at radius 2 is 1.66 bits per heavy atom. The van der Waals surface area contributed by atoms with E-state index in [2.05, 4.69) is 20.6 Å². The Bertz CT molecular complexity index is 1260. The van der Waals surface area contributed by atoms with Gasteiger partial charge in [0.2, 0.25) is 5.91 Å². The summed E-state index contributed by atoms with van der Waals surface area (Å²) in [5.41, 5.74) is 4.48. The van der Waals surface area contributed by atoms with Crippen molar-refractivity contribution in [3.8, 4) is 22.8 Å². The number of aromatic nitrogens is 2. The highest BCUT2D eigenvalue weighted by Gasteiger charge is 2.08. The van der Waals surface area contributed by atoms with E-state index in [1.54, 1.807) is 13.4 Å². The molecular formula is C28H28N4O3. The molecule has 1 aromatic heterocycles. The summed E-state index contributed by atoms with van der Waals surface area (Å²) in [6.45, 7) is 2.50. The third-order valence-corrected chi connectivity index (χ3v) is 5.35. The fourth-order valence-electron chi connectivity index (χ4n) is 3.60. The molecule has 0 spiro atoms. The summed E-state index contributed by atoms with van der Waals surface area (Å²) in [6.07, 6.45) is 2.51. The lowest BCUT2D eigenvalue weighted by Gasteiger charge is -2.11. The number of hydrogen-bond acceptors (Lipinski definition) is 6. The van der Waals surface area contributed by atoms with Gasteiger partial charge in [0.1, 0.15) is 12.1 Å². The predicted octanol–water partition coefficient (Wildman–Crippen LogP) is 5.87. The molecule has 4 rings (SSSR count). The maximum atomic E-state index is 12.5. The van der Waals surface area contributed by atoms with E-state index in [-0.39, 0.29) is 5.91 Å². The molecule has 7 heteroatoms. The molecule has 0 aliphatic heterocycles. The number of anilines is 3. The van der Waals surface area contributed by atoms with Gasteiger partial charge < -0.3 is 20.1 Å². The van der Waals surface area contributed by atoms with Crippen LogP contribution in [0.3, 0.4) is 0 Å². The Morgan fingerprint density at radius 3 is 2.40 bits per heavy atom. The fourth-order valence-corrected chi connectivity index (χ4v) is 3.60. The second-order valence-corrected chi connectivity index (χ2v) is 7.82. The van der Waals surface area contributed by atoms with Crippen molar-refractivity contribution in [1.29, 1.82) is 0 Å². The first-order valence-electron chi connectivity index (χ1n) is 11.5. The molecule has 2 N–H and O–H groups in total. The minimum absolute atomic E-state index is 0.0538. The standard InChI is InChI=1S/C28H28N4O3/c1-3-35-25-15-9-20(17-26(25)34-2)10-16-28(33)32-23-13-11-22(12-14-23)31-27-18-24(29-19-30-27)21-7-5-4-6-8-21/h4-9,11-15,17-19H,3,10,16H2,1-2H3,(H,32,33)(H,29,30,31). The number of nitrogens with one attached hydrogen (secondary N) is 2. The summed E-state index contributed by atoms with van der Waals surface area (Å²) >= 11 is 0. The Balaban J connectivity index is 1.31. The molecule has 1 heterocycles. The highest BCUT2D eigenvalue weighted by molar-refractivity contribution is 5.91. The number of carbonyl (C=O) groups is 1. The van der Waals surface area contributed by atoms with Crippen molar-refractivity contribution >= 4 is 23.1 Å². The average Bonchev–Trinajstić information content (AvgIpc) is 2.90. The van der Waals surface area contributed by atoms with Gasteiger partial charge in [-0.3, -0.25) is 4.79 Å². The first-order valence-corrected chi connectivity index (χ1v) is 11.5. The summed E-state index contributed by atoms with van der Waals surface area (Å²) in [7, 11) is 1.61. The Hall–Kier alpha value is -4.39. The van der Waals surface area contributed by atoms with Crippen LogP contribution in [-0.4, -0.2) is 29.6 Å². The minimum atomic E-state index is -0.0538. The molecule has 3 aromatic carbocycles. The molecule has 7 nitrogen and oxygen atoms in total. The number of methoxy groups -OCH3 is 1. The molecule has 0 atom stereocenters. The van der Waals surface area contributed by atoms with Crippen LogP contribution in [0.1, 0.15) is 18.9 Å². The van der Waals surface area contributed by atoms with Crippen LogP contribution in [0.15, 0.2) is 85.2 Å². The third-order valence-electron chi connectivity index (χ3n) is 5.35. The molecule has 0 aliphatic carbocycles. The number of amides is 1. The van der Waals surface area contributed by atoms with Gasteiger partial charge in [0.25, 0.3) is 0 Å². The van der Waals surface area contributed by atoms with E-state index in [1.807, 2.05) is 85.8 Å².